The van der Waals surface area contributed by atoms with Gasteiger partial charge in [-0.3, -0.25) is 28.9 Å². The monoisotopic (exact) mass is 552 g/mol. The SMILES string of the molecule is CC(C(=O)N(CC(=O)N(C)c1ccccc1)c1ccccc1C(=O)N1CCCCC1)N1C(=O)c2ccccc2C1=O. The second kappa shape index (κ2) is 11.8. The number of amides is 5. The molecule has 0 bridgehead atoms. The zero-order valence-electron chi connectivity index (χ0n) is 23.2. The molecule has 0 aliphatic carbocycles. The van der Waals surface area contributed by atoms with E-state index in [4.69, 9.17) is 0 Å². The highest BCUT2D eigenvalue weighted by atomic mass is 16.2. The van der Waals surface area contributed by atoms with E-state index in [0.29, 0.717) is 18.8 Å². The zero-order chi connectivity index (χ0) is 29.1. The van der Waals surface area contributed by atoms with Gasteiger partial charge < -0.3 is 14.7 Å². The minimum Gasteiger partial charge on any atom is -0.339 e. The first-order chi connectivity index (χ1) is 19.8. The lowest BCUT2D eigenvalue weighted by Gasteiger charge is -2.33. The number of hydrogen-bond acceptors (Lipinski definition) is 5. The molecule has 1 fully saturated rings. The number of carbonyl (C=O) groups is 5. The van der Waals surface area contributed by atoms with Gasteiger partial charge in [-0.15, -0.1) is 0 Å². The van der Waals surface area contributed by atoms with Gasteiger partial charge in [-0.05, 0) is 62.6 Å². The summed E-state index contributed by atoms with van der Waals surface area (Å²) in [5, 5.41) is 0. The number of hydrogen-bond donors (Lipinski definition) is 0. The molecule has 3 aromatic carbocycles. The normalized spacial score (nSPS) is 15.4. The molecule has 9 heteroatoms. The quantitative estimate of drug-likeness (QED) is 0.413. The minimum atomic E-state index is -1.23. The van der Waals surface area contributed by atoms with Crippen LogP contribution in [0.25, 0.3) is 0 Å². The Balaban J connectivity index is 1.51. The summed E-state index contributed by atoms with van der Waals surface area (Å²) in [6, 6.07) is 20.9. The molecule has 210 valence electrons. The summed E-state index contributed by atoms with van der Waals surface area (Å²) in [6.07, 6.45) is 2.84. The van der Waals surface area contributed by atoms with E-state index < -0.39 is 36.2 Å². The van der Waals surface area contributed by atoms with Crippen LogP contribution in [-0.4, -0.2) is 72.1 Å². The molecular weight excluding hydrogens is 520 g/mol. The third-order valence-corrected chi connectivity index (χ3v) is 7.72. The van der Waals surface area contributed by atoms with Crippen molar-refractivity contribution >= 4 is 40.9 Å². The second-order valence-corrected chi connectivity index (χ2v) is 10.3. The highest BCUT2D eigenvalue weighted by Gasteiger charge is 2.43. The predicted octanol–water partition coefficient (Wildman–Crippen LogP) is 3.99. The molecule has 5 amide bonds. The van der Waals surface area contributed by atoms with Gasteiger partial charge in [0.25, 0.3) is 23.6 Å². The van der Waals surface area contributed by atoms with Crippen molar-refractivity contribution in [3.63, 3.8) is 0 Å². The second-order valence-electron chi connectivity index (χ2n) is 10.3. The molecule has 2 heterocycles. The third-order valence-electron chi connectivity index (χ3n) is 7.72. The molecule has 1 saturated heterocycles. The van der Waals surface area contributed by atoms with Crippen molar-refractivity contribution in [2.75, 3.05) is 36.5 Å². The molecule has 0 N–H and O–H groups in total. The first-order valence-electron chi connectivity index (χ1n) is 13.8. The van der Waals surface area contributed by atoms with Gasteiger partial charge in [-0.1, -0.05) is 42.5 Å². The number of para-hydroxylation sites is 2. The van der Waals surface area contributed by atoms with Crippen LogP contribution in [0.3, 0.4) is 0 Å². The average molecular weight is 553 g/mol. The molecule has 41 heavy (non-hydrogen) atoms. The van der Waals surface area contributed by atoms with E-state index in [-0.39, 0.29) is 28.3 Å². The highest BCUT2D eigenvalue weighted by molar-refractivity contribution is 6.23. The molecule has 2 aliphatic heterocycles. The largest absolute Gasteiger partial charge is 0.339 e. The molecule has 2 aliphatic rings. The summed E-state index contributed by atoms with van der Waals surface area (Å²) in [4.78, 5) is 73.2. The molecule has 0 radical (unpaired) electrons. The van der Waals surface area contributed by atoms with Gasteiger partial charge in [0.1, 0.15) is 12.6 Å². The van der Waals surface area contributed by atoms with Gasteiger partial charge in [0.15, 0.2) is 0 Å². The number of benzene rings is 3. The fourth-order valence-corrected chi connectivity index (χ4v) is 5.37. The van der Waals surface area contributed by atoms with E-state index in [1.165, 1.54) is 16.7 Å². The fourth-order valence-electron chi connectivity index (χ4n) is 5.37. The van der Waals surface area contributed by atoms with E-state index in [1.54, 1.807) is 84.7 Å². The molecular formula is C32H32N4O5. The van der Waals surface area contributed by atoms with E-state index in [9.17, 15) is 24.0 Å². The Hall–Kier alpha value is -4.79. The van der Waals surface area contributed by atoms with Gasteiger partial charge in [0, 0.05) is 25.8 Å². The van der Waals surface area contributed by atoms with Crippen molar-refractivity contribution in [2.24, 2.45) is 0 Å². The molecule has 0 spiro atoms. The number of anilines is 2. The van der Waals surface area contributed by atoms with Crippen LogP contribution in [0.2, 0.25) is 0 Å². The third kappa shape index (κ3) is 5.35. The number of piperidine rings is 1. The topological polar surface area (TPSA) is 98.3 Å². The smallest absolute Gasteiger partial charge is 0.262 e. The Bertz CT molecular complexity index is 1460. The Morgan fingerprint density at radius 3 is 1.98 bits per heavy atom. The number of carbonyl (C=O) groups excluding carboxylic acids is 5. The molecule has 0 aromatic heterocycles. The number of rotatable bonds is 7. The van der Waals surface area contributed by atoms with Crippen molar-refractivity contribution in [2.45, 2.75) is 32.2 Å². The maximum Gasteiger partial charge on any atom is 0.262 e. The molecule has 0 saturated carbocycles. The van der Waals surface area contributed by atoms with Gasteiger partial charge in [-0.25, -0.2) is 0 Å². The van der Waals surface area contributed by atoms with Crippen LogP contribution in [0.5, 0.6) is 0 Å². The zero-order valence-corrected chi connectivity index (χ0v) is 23.2. The Labute approximate surface area is 238 Å². The standard InChI is InChI=1S/C32H32N4O5/c1-22(36-31(40)24-15-7-8-16-25(24)32(36)41)29(38)35(21-28(37)33(2)23-13-5-3-6-14-23)27-18-10-9-17-26(27)30(39)34-19-11-4-12-20-34/h3,5-10,13-18,22H,4,11-12,19-21H2,1-2H3. The molecule has 3 aromatic rings. The van der Waals surface area contributed by atoms with Crippen molar-refractivity contribution in [1.82, 2.24) is 9.80 Å². The number of imide groups is 1. The van der Waals surface area contributed by atoms with Crippen LogP contribution >= 0.6 is 0 Å². The molecule has 1 atom stereocenters. The van der Waals surface area contributed by atoms with E-state index in [1.807, 2.05) is 6.07 Å². The van der Waals surface area contributed by atoms with Crippen molar-refractivity contribution in [1.29, 1.82) is 0 Å². The van der Waals surface area contributed by atoms with Gasteiger partial charge in [0.2, 0.25) is 5.91 Å². The van der Waals surface area contributed by atoms with Crippen LogP contribution in [0.1, 0.15) is 57.3 Å². The minimum absolute atomic E-state index is 0.226. The fraction of sp³-hybridized carbons (Fsp3) is 0.281. The Morgan fingerprint density at radius 1 is 0.780 bits per heavy atom. The lowest BCUT2D eigenvalue weighted by Crippen LogP contribution is -2.52. The van der Waals surface area contributed by atoms with E-state index in [2.05, 4.69) is 0 Å². The maximum absolute atomic E-state index is 14.2. The van der Waals surface area contributed by atoms with Gasteiger partial charge in [0.05, 0.1) is 22.4 Å². The van der Waals surface area contributed by atoms with Crippen LogP contribution in [-0.2, 0) is 9.59 Å². The number of likely N-dealkylation sites (tertiary alicyclic amines) is 1. The first kappa shape index (κ1) is 27.8. The van der Waals surface area contributed by atoms with Gasteiger partial charge in [-0.2, -0.15) is 0 Å². The van der Waals surface area contributed by atoms with Crippen LogP contribution in [0, 0.1) is 0 Å². The van der Waals surface area contributed by atoms with Crippen LogP contribution in [0.15, 0.2) is 78.9 Å². The van der Waals surface area contributed by atoms with Crippen molar-refractivity contribution < 1.29 is 24.0 Å². The maximum atomic E-state index is 14.2. The van der Waals surface area contributed by atoms with E-state index >= 15 is 0 Å². The summed E-state index contributed by atoms with van der Waals surface area (Å²) in [7, 11) is 1.61. The predicted molar refractivity (Wildman–Crippen MR) is 155 cm³/mol. The average Bonchev–Trinajstić information content (AvgIpc) is 3.28. The molecule has 1 unspecified atom stereocenters. The van der Waals surface area contributed by atoms with Crippen molar-refractivity contribution in [3.8, 4) is 0 Å². The van der Waals surface area contributed by atoms with E-state index in [0.717, 1.165) is 24.2 Å². The lowest BCUT2D eigenvalue weighted by atomic mass is 10.1. The Morgan fingerprint density at radius 2 is 1.34 bits per heavy atom. The number of fused-ring (bicyclic) bond motifs is 1. The van der Waals surface area contributed by atoms with Crippen molar-refractivity contribution in [3.05, 3.63) is 95.6 Å². The molecule has 9 nitrogen and oxygen atoms in total. The summed E-state index contributed by atoms with van der Waals surface area (Å²) in [5.74, 6) is -2.42. The number of likely N-dealkylation sites (N-methyl/N-ethyl adjacent to an activating group) is 1. The lowest BCUT2D eigenvalue weighted by molar-refractivity contribution is -0.124. The van der Waals surface area contributed by atoms with Gasteiger partial charge >= 0.3 is 0 Å². The summed E-state index contributed by atoms with van der Waals surface area (Å²) in [5.41, 5.74) is 1.63. The summed E-state index contributed by atoms with van der Waals surface area (Å²) >= 11 is 0. The van der Waals surface area contributed by atoms with Crippen LogP contribution in [0.4, 0.5) is 11.4 Å². The molecule has 5 rings (SSSR count). The summed E-state index contributed by atoms with van der Waals surface area (Å²) in [6.45, 7) is 2.30. The Kier molecular flexibility index (Phi) is 7.96. The first-order valence-corrected chi connectivity index (χ1v) is 13.8. The highest BCUT2D eigenvalue weighted by Crippen LogP contribution is 2.29. The number of nitrogens with zero attached hydrogens (tertiary/aromatic N) is 4. The van der Waals surface area contributed by atoms with Crippen LogP contribution < -0.4 is 9.80 Å². The summed E-state index contributed by atoms with van der Waals surface area (Å²) < 4.78 is 0.